The number of aromatic nitrogens is 2. The Morgan fingerprint density at radius 1 is 1.38 bits per heavy atom. The number of nitrogens with one attached hydrogen (secondary N) is 2. The van der Waals surface area contributed by atoms with Crippen molar-refractivity contribution in [2.24, 2.45) is 13.0 Å². The zero-order valence-corrected chi connectivity index (χ0v) is 14.1. The zero-order valence-electron chi connectivity index (χ0n) is 14.1. The van der Waals surface area contributed by atoms with E-state index in [9.17, 15) is 19.2 Å². The number of H-pyrrole nitrogens is 1. The maximum atomic E-state index is 12.3. The van der Waals surface area contributed by atoms with Crippen molar-refractivity contribution in [2.75, 3.05) is 19.6 Å². The van der Waals surface area contributed by atoms with E-state index in [1.807, 2.05) is 6.92 Å². The van der Waals surface area contributed by atoms with Crippen molar-refractivity contribution in [1.29, 1.82) is 0 Å². The molecule has 1 aromatic rings. The van der Waals surface area contributed by atoms with E-state index in [-0.39, 0.29) is 23.3 Å². The molecule has 24 heavy (non-hydrogen) atoms. The van der Waals surface area contributed by atoms with Crippen LogP contribution in [0.25, 0.3) is 0 Å². The van der Waals surface area contributed by atoms with E-state index in [0.29, 0.717) is 44.5 Å². The van der Waals surface area contributed by atoms with Crippen LogP contribution in [0.1, 0.15) is 31.7 Å². The minimum Gasteiger partial charge on any atom is -0.355 e. The Balaban J connectivity index is 1.87. The SMILES string of the molecule is CCCN1C[C@H](C(=O)NCCc2c[nH]c(=O)n(C)c2=O)CCC1=O. The molecule has 0 bridgehead atoms. The lowest BCUT2D eigenvalue weighted by Gasteiger charge is -2.31. The van der Waals surface area contributed by atoms with E-state index in [4.69, 9.17) is 0 Å². The number of likely N-dealkylation sites (tertiary alicyclic amines) is 1. The molecule has 1 aromatic heterocycles. The molecular weight excluding hydrogens is 312 g/mol. The summed E-state index contributed by atoms with van der Waals surface area (Å²) in [7, 11) is 1.41. The van der Waals surface area contributed by atoms with Crippen molar-refractivity contribution in [3.63, 3.8) is 0 Å². The smallest absolute Gasteiger partial charge is 0.328 e. The normalized spacial score (nSPS) is 17.8. The Bertz CT molecular complexity index is 722. The first-order chi connectivity index (χ1) is 11.4. The molecule has 1 aliphatic heterocycles. The van der Waals surface area contributed by atoms with Gasteiger partial charge in [-0.1, -0.05) is 6.92 Å². The highest BCUT2D eigenvalue weighted by atomic mass is 16.2. The number of aromatic amines is 1. The van der Waals surface area contributed by atoms with E-state index in [2.05, 4.69) is 10.3 Å². The van der Waals surface area contributed by atoms with Gasteiger partial charge in [0.25, 0.3) is 5.56 Å². The molecule has 0 aliphatic carbocycles. The molecule has 1 atom stereocenters. The number of hydrogen-bond donors (Lipinski definition) is 2. The lowest BCUT2D eigenvalue weighted by Crippen LogP contribution is -2.46. The molecule has 8 heteroatoms. The summed E-state index contributed by atoms with van der Waals surface area (Å²) in [5, 5.41) is 2.82. The van der Waals surface area contributed by atoms with Gasteiger partial charge in [-0.05, 0) is 19.3 Å². The molecule has 1 aliphatic rings. The van der Waals surface area contributed by atoms with Crippen LogP contribution in [0, 0.1) is 5.92 Å². The standard InChI is InChI=1S/C16H24N4O4/c1-3-8-20-10-12(4-5-13(20)21)14(22)17-7-6-11-9-18-16(24)19(2)15(11)23/h9,12H,3-8,10H2,1-2H3,(H,17,22)(H,18,24)/t12-/m1/s1. The molecular formula is C16H24N4O4. The largest absolute Gasteiger partial charge is 0.355 e. The zero-order chi connectivity index (χ0) is 17.7. The topological polar surface area (TPSA) is 104 Å². The molecule has 8 nitrogen and oxygen atoms in total. The number of piperidine rings is 1. The van der Waals surface area contributed by atoms with Crippen LogP contribution in [0.2, 0.25) is 0 Å². The second-order valence-electron chi connectivity index (χ2n) is 6.10. The van der Waals surface area contributed by atoms with E-state index in [1.165, 1.54) is 13.2 Å². The number of amides is 2. The van der Waals surface area contributed by atoms with Gasteiger partial charge in [-0.2, -0.15) is 0 Å². The molecule has 1 saturated heterocycles. The van der Waals surface area contributed by atoms with Gasteiger partial charge in [0.15, 0.2) is 0 Å². The molecule has 2 N–H and O–H groups in total. The lowest BCUT2D eigenvalue weighted by atomic mass is 9.96. The Morgan fingerprint density at radius 3 is 2.83 bits per heavy atom. The Hall–Kier alpha value is -2.38. The first kappa shape index (κ1) is 18.0. The van der Waals surface area contributed by atoms with Crippen LogP contribution in [0.15, 0.2) is 15.8 Å². The number of carbonyl (C=O) groups is 2. The van der Waals surface area contributed by atoms with Gasteiger partial charge >= 0.3 is 5.69 Å². The first-order valence-corrected chi connectivity index (χ1v) is 8.27. The summed E-state index contributed by atoms with van der Waals surface area (Å²) in [6.07, 6.45) is 3.57. The Morgan fingerprint density at radius 2 is 2.12 bits per heavy atom. The summed E-state index contributed by atoms with van der Waals surface area (Å²) in [5.74, 6) is -0.185. The van der Waals surface area contributed by atoms with Crippen LogP contribution in [0.5, 0.6) is 0 Å². The van der Waals surface area contributed by atoms with Gasteiger partial charge in [0.2, 0.25) is 11.8 Å². The highest BCUT2D eigenvalue weighted by Gasteiger charge is 2.29. The number of rotatable bonds is 6. The predicted molar refractivity (Wildman–Crippen MR) is 88.6 cm³/mol. The molecule has 0 aromatic carbocycles. The van der Waals surface area contributed by atoms with E-state index >= 15 is 0 Å². The maximum absolute atomic E-state index is 12.3. The molecule has 2 rings (SSSR count). The highest BCUT2D eigenvalue weighted by Crippen LogP contribution is 2.17. The summed E-state index contributed by atoms with van der Waals surface area (Å²) in [6, 6.07) is 0. The summed E-state index contributed by atoms with van der Waals surface area (Å²) in [6.45, 7) is 3.45. The van der Waals surface area contributed by atoms with Crippen LogP contribution in [0.3, 0.4) is 0 Å². The molecule has 0 radical (unpaired) electrons. The fourth-order valence-corrected chi connectivity index (χ4v) is 2.87. The van der Waals surface area contributed by atoms with Crippen molar-refractivity contribution < 1.29 is 9.59 Å². The summed E-state index contributed by atoms with van der Waals surface area (Å²) in [5.41, 5.74) is -0.370. The fraction of sp³-hybridized carbons (Fsp3) is 0.625. The second-order valence-corrected chi connectivity index (χ2v) is 6.10. The summed E-state index contributed by atoms with van der Waals surface area (Å²) >= 11 is 0. The average Bonchev–Trinajstić information content (AvgIpc) is 2.57. The Labute approximate surface area is 139 Å². The number of hydrogen-bond acceptors (Lipinski definition) is 4. The quantitative estimate of drug-likeness (QED) is 0.722. The van der Waals surface area contributed by atoms with Gasteiger partial charge in [-0.15, -0.1) is 0 Å². The highest BCUT2D eigenvalue weighted by molar-refractivity contribution is 5.83. The third-order valence-corrected chi connectivity index (χ3v) is 4.31. The first-order valence-electron chi connectivity index (χ1n) is 8.27. The minimum atomic E-state index is -0.462. The molecule has 0 spiro atoms. The molecule has 2 heterocycles. The van der Waals surface area contributed by atoms with E-state index < -0.39 is 5.69 Å². The summed E-state index contributed by atoms with van der Waals surface area (Å²) in [4.78, 5) is 51.5. The van der Waals surface area contributed by atoms with E-state index in [0.717, 1.165) is 11.0 Å². The predicted octanol–water partition coefficient (Wildman–Crippen LogP) is -0.619. The van der Waals surface area contributed by atoms with Gasteiger partial charge in [0, 0.05) is 44.9 Å². The van der Waals surface area contributed by atoms with Gasteiger partial charge in [0.05, 0.1) is 5.92 Å². The van der Waals surface area contributed by atoms with E-state index in [1.54, 1.807) is 4.90 Å². The van der Waals surface area contributed by atoms with Gasteiger partial charge < -0.3 is 15.2 Å². The lowest BCUT2D eigenvalue weighted by molar-refractivity contribution is -0.138. The van der Waals surface area contributed by atoms with Crippen molar-refractivity contribution in [3.8, 4) is 0 Å². The van der Waals surface area contributed by atoms with Gasteiger partial charge in [-0.25, -0.2) is 4.79 Å². The van der Waals surface area contributed by atoms with Crippen LogP contribution >= 0.6 is 0 Å². The fourth-order valence-electron chi connectivity index (χ4n) is 2.87. The average molecular weight is 336 g/mol. The van der Waals surface area contributed by atoms with Gasteiger partial charge in [-0.3, -0.25) is 19.0 Å². The molecule has 0 unspecified atom stereocenters. The maximum Gasteiger partial charge on any atom is 0.328 e. The van der Waals surface area contributed by atoms with Crippen LogP contribution < -0.4 is 16.6 Å². The third-order valence-electron chi connectivity index (χ3n) is 4.31. The minimum absolute atomic E-state index is 0.0927. The van der Waals surface area contributed by atoms with Gasteiger partial charge in [0.1, 0.15) is 0 Å². The summed E-state index contributed by atoms with van der Waals surface area (Å²) < 4.78 is 1.01. The van der Waals surface area contributed by atoms with Crippen molar-refractivity contribution in [1.82, 2.24) is 19.8 Å². The molecule has 1 fully saturated rings. The van der Waals surface area contributed by atoms with Crippen molar-refractivity contribution in [3.05, 3.63) is 32.6 Å². The van der Waals surface area contributed by atoms with Crippen LogP contribution in [-0.2, 0) is 23.1 Å². The van der Waals surface area contributed by atoms with Crippen molar-refractivity contribution in [2.45, 2.75) is 32.6 Å². The molecule has 2 amide bonds. The third kappa shape index (κ3) is 4.12. The number of carbonyl (C=O) groups excluding carboxylic acids is 2. The Kier molecular flexibility index (Phi) is 5.94. The second kappa shape index (κ2) is 7.94. The number of nitrogens with zero attached hydrogens (tertiary/aromatic N) is 2. The molecule has 132 valence electrons. The monoisotopic (exact) mass is 336 g/mol. The van der Waals surface area contributed by atoms with Crippen molar-refractivity contribution >= 4 is 11.8 Å². The van der Waals surface area contributed by atoms with Crippen LogP contribution in [0.4, 0.5) is 0 Å². The molecule has 0 saturated carbocycles. The van der Waals surface area contributed by atoms with Crippen LogP contribution in [-0.4, -0.2) is 45.9 Å².